The summed E-state index contributed by atoms with van der Waals surface area (Å²) in [7, 11) is 0. The lowest BCUT2D eigenvalue weighted by Gasteiger charge is -2.06. The molecule has 0 saturated heterocycles. The standard InChI is InChI=1S/C15H18N2O2S2/c18-14(10-12-4-1-8-20-12)16-6-3-7-17-15(19)11-13-5-2-9-21-13/h1-2,4-5,8-9H,3,6-7,10-11H2,(H,16,18)(H,17,19). The molecular weight excluding hydrogens is 304 g/mol. The van der Waals surface area contributed by atoms with Crippen LogP contribution in [0, 0.1) is 0 Å². The molecule has 0 radical (unpaired) electrons. The Hall–Kier alpha value is -1.66. The molecule has 0 aliphatic rings. The topological polar surface area (TPSA) is 58.2 Å². The van der Waals surface area contributed by atoms with E-state index in [1.54, 1.807) is 22.7 Å². The first-order valence-electron chi connectivity index (χ1n) is 6.82. The van der Waals surface area contributed by atoms with E-state index in [0.29, 0.717) is 25.9 Å². The molecule has 2 aromatic heterocycles. The van der Waals surface area contributed by atoms with Gasteiger partial charge in [-0.3, -0.25) is 9.59 Å². The number of carbonyl (C=O) groups excluding carboxylic acids is 2. The Balaban J connectivity index is 1.51. The molecule has 0 saturated carbocycles. The molecule has 0 bridgehead atoms. The van der Waals surface area contributed by atoms with Crippen LogP contribution in [0.3, 0.4) is 0 Å². The zero-order chi connectivity index (χ0) is 14.9. The quantitative estimate of drug-likeness (QED) is 0.732. The third kappa shape index (κ3) is 6.10. The molecule has 6 heteroatoms. The molecule has 2 aromatic rings. The van der Waals surface area contributed by atoms with Gasteiger partial charge in [-0.1, -0.05) is 12.1 Å². The molecule has 0 aliphatic carbocycles. The zero-order valence-corrected chi connectivity index (χ0v) is 13.3. The molecule has 112 valence electrons. The van der Waals surface area contributed by atoms with E-state index in [9.17, 15) is 9.59 Å². The van der Waals surface area contributed by atoms with Gasteiger partial charge in [-0.25, -0.2) is 0 Å². The number of nitrogens with one attached hydrogen (secondary N) is 2. The fraction of sp³-hybridized carbons (Fsp3) is 0.333. The van der Waals surface area contributed by atoms with Gasteiger partial charge in [0, 0.05) is 22.8 Å². The van der Waals surface area contributed by atoms with Crippen molar-refractivity contribution in [1.82, 2.24) is 10.6 Å². The summed E-state index contributed by atoms with van der Waals surface area (Å²) in [5.74, 6) is 0.0599. The second kappa shape index (κ2) is 8.59. The summed E-state index contributed by atoms with van der Waals surface area (Å²) in [5, 5.41) is 9.65. The number of amides is 2. The van der Waals surface area contributed by atoms with Crippen LogP contribution in [0.1, 0.15) is 16.2 Å². The molecule has 0 aromatic carbocycles. The Kier molecular flexibility index (Phi) is 6.43. The highest BCUT2D eigenvalue weighted by Crippen LogP contribution is 2.09. The first kappa shape index (κ1) is 15.7. The van der Waals surface area contributed by atoms with Gasteiger partial charge < -0.3 is 10.6 Å². The maximum Gasteiger partial charge on any atom is 0.225 e. The Bertz CT molecular complexity index is 500. The highest BCUT2D eigenvalue weighted by atomic mass is 32.1. The summed E-state index contributed by atoms with van der Waals surface area (Å²) in [6.07, 6.45) is 1.61. The average Bonchev–Trinajstić information content (AvgIpc) is 3.12. The van der Waals surface area contributed by atoms with Crippen molar-refractivity contribution in [3.05, 3.63) is 44.8 Å². The van der Waals surface area contributed by atoms with Gasteiger partial charge in [-0.05, 0) is 29.3 Å². The van der Waals surface area contributed by atoms with E-state index in [-0.39, 0.29) is 11.8 Å². The number of hydrogen-bond acceptors (Lipinski definition) is 4. The minimum Gasteiger partial charge on any atom is -0.356 e. The highest BCUT2D eigenvalue weighted by Gasteiger charge is 2.05. The Labute approximate surface area is 132 Å². The Morgan fingerprint density at radius 2 is 1.33 bits per heavy atom. The predicted molar refractivity (Wildman–Crippen MR) is 86.7 cm³/mol. The van der Waals surface area contributed by atoms with Crippen molar-refractivity contribution in [1.29, 1.82) is 0 Å². The SMILES string of the molecule is O=C(Cc1cccs1)NCCCNC(=O)Cc1cccs1. The Morgan fingerprint density at radius 3 is 1.71 bits per heavy atom. The minimum atomic E-state index is 0.0300. The molecule has 0 atom stereocenters. The van der Waals surface area contributed by atoms with Crippen LogP contribution in [0.4, 0.5) is 0 Å². The maximum atomic E-state index is 11.6. The molecule has 2 amide bonds. The first-order valence-corrected chi connectivity index (χ1v) is 8.58. The van der Waals surface area contributed by atoms with Gasteiger partial charge in [-0.2, -0.15) is 0 Å². The second-order valence-electron chi connectivity index (χ2n) is 4.57. The molecule has 2 N–H and O–H groups in total. The number of rotatable bonds is 8. The summed E-state index contributed by atoms with van der Waals surface area (Å²) in [5.41, 5.74) is 0. The van der Waals surface area contributed by atoms with Crippen LogP contribution in [0.15, 0.2) is 35.0 Å². The van der Waals surface area contributed by atoms with Gasteiger partial charge in [-0.15, -0.1) is 22.7 Å². The summed E-state index contributed by atoms with van der Waals surface area (Å²) >= 11 is 3.17. The van der Waals surface area contributed by atoms with Crippen LogP contribution in [-0.2, 0) is 22.4 Å². The van der Waals surface area contributed by atoms with Crippen LogP contribution < -0.4 is 10.6 Å². The maximum absolute atomic E-state index is 11.6. The zero-order valence-electron chi connectivity index (χ0n) is 11.6. The molecule has 0 aliphatic heterocycles. The van der Waals surface area contributed by atoms with Crippen LogP contribution in [0.2, 0.25) is 0 Å². The lowest BCUT2D eigenvalue weighted by atomic mass is 10.3. The second-order valence-corrected chi connectivity index (χ2v) is 6.63. The van der Waals surface area contributed by atoms with Crippen LogP contribution >= 0.6 is 22.7 Å². The number of hydrogen-bond donors (Lipinski definition) is 2. The number of carbonyl (C=O) groups is 2. The summed E-state index contributed by atoms with van der Waals surface area (Å²) in [6, 6.07) is 7.79. The van der Waals surface area contributed by atoms with Crippen LogP contribution in [-0.4, -0.2) is 24.9 Å². The van der Waals surface area contributed by atoms with E-state index in [1.807, 2.05) is 35.0 Å². The third-order valence-electron chi connectivity index (χ3n) is 2.83. The van der Waals surface area contributed by atoms with E-state index in [4.69, 9.17) is 0 Å². The molecule has 2 rings (SSSR count). The molecule has 0 unspecified atom stereocenters. The van der Waals surface area contributed by atoms with Crippen molar-refractivity contribution in [2.24, 2.45) is 0 Å². The summed E-state index contributed by atoms with van der Waals surface area (Å²) in [4.78, 5) is 25.4. The van der Waals surface area contributed by atoms with E-state index in [1.165, 1.54) is 0 Å². The van der Waals surface area contributed by atoms with Crippen molar-refractivity contribution in [2.45, 2.75) is 19.3 Å². The normalized spacial score (nSPS) is 10.3. The largest absolute Gasteiger partial charge is 0.356 e. The monoisotopic (exact) mass is 322 g/mol. The van der Waals surface area contributed by atoms with Crippen molar-refractivity contribution in [3.8, 4) is 0 Å². The molecular formula is C15H18N2O2S2. The van der Waals surface area contributed by atoms with Gasteiger partial charge in [0.05, 0.1) is 12.8 Å². The van der Waals surface area contributed by atoms with Gasteiger partial charge >= 0.3 is 0 Å². The van der Waals surface area contributed by atoms with Crippen LogP contribution in [0.25, 0.3) is 0 Å². The lowest BCUT2D eigenvalue weighted by Crippen LogP contribution is -2.31. The van der Waals surface area contributed by atoms with Crippen molar-refractivity contribution in [2.75, 3.05) is 13.1 Å². The van der Waals surface area contributed by atoms with E-state index >= 15 is 0 Å². The third-order valence-corrected chi connectivity index (χ3v) is 4.58. The Morgan fingerprint density at radius 1 is 0.857 bits per heavy atom. The van der Waals surface area contributed by atoms with E-state index in [2.05, 4.69) is 10.6 Å². The van der Waals surface area contributed by atoms with Crippen molar-refractivity contribution in [3.63, 3.8) is 0 Å². The average molecular weight is 322 g/mol. The summed E-state index contributed by atoms with van der Waals surface area (Å²) in [6.45, 7) is 1.17. The van der Waals surface area contributed by atoms with E-state index < -0.39 is 0 Å². The van der Waals surface area contributed by atoms with Gasteiger partial charge in [0.2, 0.25) is 11.8 Å². The summed E-state index contributed by atoms with van der Waals surface area (Å²) < 4.78 is 0. The molecule has 0 fully saturated rings. The highest BCUT2D eigenvalue weighted by molar-refractivity contribution is 7.10. The van der Waals surface area contributed by atoms with E-state index in [0.717, 1.165) is 16.2 Å². The van der Waals surface area contributed by atoms with Crippen molar-refractivity contribution < 1.29 is 9.59 Å². The first-order chi connectivity index (χ1) is 10.2. The minimum absolute atomic E-state index is 0.0300. The lowest BCUT2D eigenvalue weighted by molar-refractivity contribution is -0.120. The molecule has 2 heterocycles. The fourth-order valence-electron chi connectivity index (χ4n) is 1.81. The van der Waals surface area contributed by atoms with Gasteiger partial charge in [0.15, 0.2) is 0 Å². The fourth-order valence-corrected chi connectivity index (χ4v) is 3.22. The number of thiophene rings is 2. The van der Waals surface area contributed by atoms with Crippen molar-refractivity contribution >= 4 is 34.5 Å². The predicted octanol–water partition coefficient (Wildman–Crippen LogP) is 2.22. The van der Waals surface area contributed by atoms with Gasteiger partial charge in [0.1, 0.15) is 0 Å². The molecule has 0 spiro atoms. The van der Waals surface area contributed by atoms with Gasteiger partial charge in [0.25, 0.3) is 0 Å². The smallest absolute Gasteiger partial charge is 0.225 e. The molecule has 21 heavy (non-hydrogen) atoms. The van der Waals surface area contributed by atoms with Crippen LogP contribution in [0.5, 0.6) is 0 Å². The molecule has 4 nitrogen and oxygen atoms in total.